The number of nitrogens with one attached hydrogen (secondary N) is 1. The van der Waals surface area contributed by atoms with Gasteiger partial charge in [0, 0.05) is 18.1 Å². The van der Waals surface area contributed by atoms with Crippen molar-refractivity contribution < 1.29 is 18.0 Å². The third kappa shape index (κ3) is 7.70. The van der Waals surface area contributed by atoms with Gasteiger partial charge in [-0.1, -0.05) is 69.6 Å². The minimum absolute atomic E-state index is 0.0781. The molecule has 2 aromatic carbocycles. The van der Waals surface area contributed by atoms with E-state index < -0.39 is 28.5 Å². The summed E-state index contributed by atoms with van der Waals surface area (Å²) in [5.74, 6) is -0.788. The summed E-state index contributed by atoms with van der Waals surface area (Å²) in [6.07, 6.45) is 1.43. The SMILES string of the molecule is CCNC(=O)[C@@H](CC)N(Cc1ccccc1Cl)C(=O)CN(c1ccc(C(C)(C)C)cc1)S(C)(=O)=O. The van der Waals surface area contributed by atoms with Gasteiger partial charge in [-0.2, -0.15) is 0 Å². The summed E-state index contributed by atoms with van der Waals surface area (Å²) >= 11 is 6.34. The summed E-state index contributed by atoms with van der Waals surface area (Å²) in [5, 5.41) is 3.24. The van der Waals surface area contributed by atoms with Gasteiger partial charge in [-0.15, -0.1) is 0 Å². The number of hydrogen-bond acceptors (Lipinski definition) is 4. The molecule has 0 fully saturated rings. The fourth-order valence-corrected chi connectivity index (χ4v) is 4.81. The number of amides is 2. The zero-order valence-electron chi connectivity index (χ0n) is 21.3. The van der Waals surface area contributed by atoms with Crippen molar-refractivity contribution in [1.29, 1.82) is 0 Å². The number of hydrogen-bond donors (Lipinski definition) is 1. The van der Waals surface area contributed by atoms with Crippen molar-refractivity contribution in [2.24, 2.45) is 0 Å². The van der Waals surface area contributed by atoms with E-state index in [1.165, 1.54) is 4.90 Å². The molecular weight excluding hydrogens is 486 g/mol. The molecule has 0 heterocycles. The molecule has 0 aromatic heterocycles. The first-order chi connectivity index (χ1) is 16.3. The van der Waals surface area contributed by atoms with Crippen molar-refractivity contribution in [2.45, 2.75) is 59.0 Å². The summed E-state index contributed by atoms with van der Waals surface area (Å²) in [6.45, 7) is 9.88. The third-order valence-corrected chi connectivity index (χ3v) is 7.25. The molecule has 0 saturated heterocycles. The van der Waals surface area contributed by atoms with Gasteiger partial charge in [-0.3, -0.25) is 13.9 Å². The van der Waals surface area contributed by atoms with E-state index >= 15 is 0 Å². The molecule has 0 aliphatic carbocycles. The number of carbonyl (C=O) groups is 2. The number of nitrogens with zero attached hydrogens (tertiary/aromatic N) is 2. The van der Waals surface area contributed by atoms with Crippen LogP contribution in [0.4, 0.5) is 5.69 Å². The molecule has 9 heteroatoms. The molecule has 0 spiro atoms. The smallest absolute Gasteiger partial charge is 0.244 e. The number of sulfonamides is 1. The van der Waals surface area contributed by atoms with Crippen LogP contribution < -0.4 is 9.62 Å². The first-order valence-corrected chi connectivity index (χ1v) is 13.9. The maximum Gasteiger partial charge on any atom is 0.244 e. The van der Waals surface area contributed by atoms with Gasteiger partial charge in [-0.25, -0.2) is 8.42 Å². The molecule has 2 rings (SSSR count). The molecule has 1 N–H and O–H groups in total. The number of benzene rings is 2. The van der Waals surface area contributed by atoms with E-state index in [1.807, 2.05) is 19.1 Å². The number of likely N-dealkylation sites (N-methyl/N-ethyl adjacent to an activating group) is 1. The first kappa shape index (κ1) is 28.7. The molecule has 0 radical (unpaired) electrons. The summed E-state index contributed by atoms with van der Waals surface area (Å²) in [6, 6.07) is 13.4. The maximum absolute atomic E-state index is 13.6. The Balaban J connectivity index is 2.45. The van der Waals surface area contributed by atoms with Crippen LogP contribution in [0.2, 0.25) is 5.02 Å². The average molecular weight is 522 g/mol. The molecule has 2 amide bonds. The quantitative estimate of drug-likeness (QED) is 0.503. The largest absolute Gasteiger partial charge is 0.355 e. The topological polar surface area (TPSA) is 86.8 Å². The van der Waals surface area contributed by atoms with Gasteiger partial charge in [0.05, 0.1) is 11.9 Å². The minimum Gasteiger partial charge on any atom is -0.355 e. The molecule has 35 heavy (non-hydrogen) atoms. The predicted molar refractivity (Wildman–Crippen MR) is 142 cm³/mol. The van der Waals surface area contributed by atoms with Crippen molar-refractivity contribution in [1.82, 2.24) is 10.2 Å². The van der Waals surface area contributed by atoms with Gasteiger partial charge in [0.15, 0.2) is 0 Å². The third-order valence-electron chi connectivity index (χ3n) is 5.74. The monoisotopic (exact) mass is 521 g/mol. The van der Waals surface area contributed by atoms with Crippen LogP contribution in [0.25, 0.3) is 0 Å². The molecular formula is C26H36ClN3O4S. The lowest BCUT2D eigenvalue weighted by Gasteiger charge is -2.33. The van der Waals surface area contributed by atoms with E-state index in [0.29, 0.717) is 29.2 Å². The Kier molecular flexibility index (Phi) is 9.75. The van der Waals surface area contributed by atoms with Crippen molar-refractivity contribution in [2.75, 3.05) is 23.7 Å². The van der Waals surface area contributed by atoms with Gasteiger partial charge in [0.1, 0.15) is 12.6 Å². The molecule has 0 unspecified atom stereocenters. The van der Waals surface area contributed by atoms with Crippen LogP contribution in [-0.2, 0) is 31.6 Å². The second-order valence-corrected chi connectivity index (χ2v) is 11.8. The van der Waals surface area contributed by atoms with Crippen LogP contribution in [0, 0.1) is 0 Å². The highest BCUT2D eigenvalue weighted by Crippen LogP contribution is 2.26. The molecule has 0 bridgehead atoms. The zero-order valence-corrected chi connectivity index (χ0v) is 22.9. The average Bonchev–Trinajstić information content (AvgIpc) is 2.77. The Labute approximate surface area is 214 Å². The van der Waals surface area contributed by atoms with Gasteiger partial charge >= 0.3 is 0 Å². The van der Waals surface area contributed by atoms with Crippen molar-refractivity contribution in [3.63, 3.8) is 0 Å². The second kappa shape index (κ2) is 11.9. The van der Waals surface area contributed by atoms with Crippen LogP contribution in [0.5, 0.6) is 0 Å². The Hall–Kier alpha value is -2.58. The summed E-state index contributed by atoms with van der Waals surface area (Å²) < 4.78 is 26.5. The number of halogens is 1. The van der Waals surface area contributed by atoms with E-state index in [0.717, 1.165) is 16.1 Å². The van der Waals surface area contributed by atoms with E-state index in [1.54, 1.807) is 43.3 Å². The Morgan fingerprint density at radius 3 is 2.11 bits per heavy atom. The molecule has 0 aliphatic heterocycles. The second-order valence-electron chi connectivity index (χ2n) is 9.50. The van der Waals surface area contributed by atoms with Gasteiger partial charge in [0.25, 0.3) is 0 Å². The molecule has 2 aromatic rings. The Bertz CT molecular complexity index is 1130. The van der Waals surface area contributed by atoms with Crippen LogP contribution in [0.3, 0.4) is 0 Å². The fraction of sp³-hybridized carbons (Fsp3) is 0.462. The summed E-state index contributed by atoms with van der Waals surface area (Å²) in [5.41, 5.74) is 2.00. The van der Waals surface area contributed by atoms with Gasteiger partial charge in [0.2, 0.25) is 21.8 Å². The highest BCUT2D eigenvalue weighted by Gasteiger charge is 2.32. The lowest BCUT2D eigenvalue weighted by molar-refractivity contribution is -0.140. The standard InChI is InChI=1S/C26H36ClN3O4S/c1-7-23(25(32)28-8-2)29(17-19-11-9-10-12-22(19)27)24(31)18-30(35(6,33)34)21-15-13-20(14-16-21)26(3,4)5/h9-16,23H,7-8,17-18H2,1-6H3,(H,28,32)/t23-/m1/s1. The minimum atomic E-state index is -3.78. The molecule has 0 aliphatic rings. The zero-order chi connectivity index (χ0) is 26.4. The molecule has 0 saturated carbocycles. The lowest BCUT2D eigenvalue weighted by Crippen LogP contribution is -2.52. The number of anilines is 1. The predicted octanol–water partition coefficient (Wildman–Crippen LogP) is 4.35. The van der Waals surface area contributed by atoms with Crippen LogP contribution in [0.1, 0.15) is 52.2 Å². The molecule has 7 nitrogen and oxygen atoms in total. The lowest BCUT2D eigenvalue weighted by atomic mass is 9.87. The highest BCUT2D eigenvalue weighted by molar-refractivity contribution is 7.92. The highest BCUT2D eigenvalue weighted by atomic mass is 35.5. The van der Waals surface area contributed by atoms with E-state index in [4.69, 9.17) is 11.6 Å². The number of carbonyl (C=O) groups excluding carboxylic acids is 2. The van der Waals surface area contributed by atoms with Gasteiger partial charge in [-0.05, 0) is 48.1 Å². The van der Waals surface area contributed by atoms with E-state index in [-0.39, 0.29) is 17.9 Å². The Morgan fingerprint density at radius 1 is 1.03 bits per heavy atom. The van der Waals surface area contributed by atoms with E-state index in [2.05, 4.69) is 26.1 Å². The van der Waals surface area contributed by atoms with Crippen LogP contribution in [0.15, 0.2) is 48.5 Å². The number of rotatable bonds is 10. The van der Waals surface area contributed by atoms with Crippen LogP contribution in [-0.4, -0.2) is 50.5 Å². The van der Waals surface area contributed by atoms with Crippen molar-refractivity contribution >= 4 is 39.1 Å². The van der Waals surface area contributed by atoms with Crippen LogP contribution >= 0.6 is 11.6 Å². The summed E-state index contributed by atoms with van der Waals surface area (Å²) in [7, 11) is -3.78. The van der Waals surface area contributed by atoms with Gasteiger partial charge < -0.3 is 10.2 Å². The first-order valence-electron chi connectivity index (χ1n) is 11.7. The Morgan fingerprint density at radius 2 is 1.63 bits per heavy atom. The maximum atomic E-state index is 13.6. The van der Waals surface area contributed by atoms with Crippen molar-refractivity contribution in [3.05, 3.63) is 64.7 Å². The summed E-state index contributed by atoms with van der Waals surface area (Å²) in [4.78, 5) is 27.8. The normalized spacial score (nSPS) is 12.7. The van der Waals surface area contributed by atoms with Crippen molar-refractivity contribution in [3.8, 4) is 0 Å². The molecule has 1 atom stereocenters. The fourth-order valence-electron chi connectivity index (χ4n) is 3.76. The molecule has 192 valence electrons. The van der Waals surface area contributed by atoms with E-state index in [9.17, 15) is 18.0 Å².